The van der Waals surface area contributed by atoms with Gasteiger partial charge in [-0.15, -0.1) is 0 Å². The van der Waals surface area contributed by atoms with E-state index in [0.717, 1.165) is 59.5 Å². The number of aromatic nitrogens is 1. The Morgan fingerprint density at radius 3 is 2.17 bits per heavy atom. The summed E-state index contributed by atoms with van der Waals surface area (Å²) in [6, 6.07) is 18.8. The van der Waals surface area contributed by atoms with Crippen LogP contribution in [0.3, 0.4) is 0 Å². The number of primary amides is 1. The number of benzene rings is 3. The zero-order valence-corrected chi connectivity index (χ0v) is 25.1. The molecule has 13 heteroatoms. The number of carbonyl (C=O) groups is 4. The number of rotatable bonds is 6. The van der Waals surface area contributed by atoms with Gasteiger partial charge in [0.05, 0.1) is 11.1 Å². The molecular formula is C33H32F3N5O5. The van der Waals surface area contributed by atoms with Crippen molar-refractivity contribution in [3.8, 4) is 22.4 Å². The third-order valence-corrected chi connectivity index (χ3v) is 7.60. The van der Waals surface area contributed by atoms with Crippen LogP contribution in [-0.4, -0.2) is 83.0 Å². The molecule has 3 aromatic carbocycles. The predicted octanol–water partition coefficient (Wildman–Crippen LogP) is 5.05. The maximum Gasteiger partial charge on any atom is 0.490 e. The fourth-order valence-corrected chi connectivity index (χ4v) is 5.05. The Bertz CT molecular complexity index is 1810. The van der Waals surface area contributed by atoms with E-state index in [1.165, 1.54) is 6.08 Å². The largest absolute Gasteiger partial charge is 0.490 e. The Morgan fingerprint density at radius 1 is 0.978 bits per heavy atom. The molecule has 0 aliphatic carbocycles. The zero-order valence-electron chi connectivity index (χ0n) is 25.1. The number of carboxylic acids is 1. The van der Waals surface area contributed by atoms with Gasteiger partial charge in [0.2, 0.25) is 5.91 Å². The second kappa shape index (κ2) is 13.7. The fraction of sp³-hybridized carbons (Fsp3) is 0.212. The number of H-pyrrole nitrogens is 1. The summed E-state index contributed by atoms with van der Waals surface area (Å²) >= 11 is 0. The van der Waals surface area contributed by atoms with Crippen molar-refractivity contribution < 1.29 is 37.5 Å². The minimum absolute atomic E-state index is 0.0310. The van der Waals surface area contributed by atoms with Crippen LogP contribution in [0, 0.1) is 6.92 Å². The minimum atomic E-state index is -5.08. The monoisotopic (exact) mass is 635 g/mol. The molecule has 0 unspecified atom stereocenters. The van der Waals surface area contributed by atoms with E-state index >= 15 is 0 Å². The molecule has 5 N–H and O–H groups in total. The van der Waals surface area contributed by atoms with Crippen LogP contribution in [0.4, 0.5) is 18.9 Å². The second-order valence-electron chi connectivity index (χ2n) is 10.6. The average Bonchev–Trinajstić information content (AvgIpc) is 3.47. The number of fused-ring (bicyclic) bond motifs is 1. The van der Waals surface area contributed by atoms with Crippen LogP contribution < -0.4 is 11.1 Å². The summed E-state index contributed by atoms with van der Waals surface area (Å²) in [5.74, 6) is -3.55. The molecule has 5 rings (SSSR count). The Morgan fingerprint density at radius 2 is 1.61 bits per heavy atom. The molecule has 1 fully saturated rings. The number of halogens is 3. The van der Waals surface area contributed by atoms with Gasteiger partial charge in [0.1, 0.15) is 0 Å². The number of amides is 3. The summed E-state index contributed by atoms with van der Waals surface area (Å²) in [4.78, 5) is 53.6. The average molecular weight is 636 g/mol. The number of nitrogens with one attached hydrogen (secondary N) is 2. The smallest absolute Gasteiger partial charge is 0.475 e. The summed E-state index contributed by atoms with van der Waals surface area (Å²) in [5.41, 5.74) is 12.4. The Balaban J connectivity index is 0.000000617. The number of likely N-dealkylation sites (N-methyl/N-ethyl adjacent to an activating group) is 1. The molecule has 0 spiro atoms. The van der Waals surface area contributed by atoms with Crippen molar-refractivity contribution >= 4 is 40.3 Å². The summed E-state index contributed by atoms with van der Waals surface area (Å²) < 4.78 is 31.7. The van der Waals surface area contributed by atoms with Crippen LogP contribution in [0.1, 0.15) is 26.3 Å². The van der Waals surface area contributed by atoms with E-state index < -0.39 is 18.1 Å². The van der Waals surface area contributed by atoms with Crippen LogP contribution in [0.25, 0.3) is 33.3 Å². The lowest BCUT2D eigenvalue weighted by Crippen LogP contribution is -2.47. The van der Waals surface area contributed by atoms with E-state index in [-0.39, 0.29) is 11.8 Å². The van der Waals surface area contributed by atoms with Crippen LogP contribution in [0.5, 0.6) is 0 Å². The van der Waals surface area contributed by atoms with Gasteiger partial charge in [-0.1, -0.05) is 36.9 Å². The molecule has 46 heavy (non-hydrogen) atoms. The SMILES string of the molecule is C=CC(=O)Nc1cccc(-c2ccc(C(N)=O)c3[nH]c(-c4ccc(C(=O)N5CCN(C)CC5)cc4)cc23)c1C.O=C(O)C(F)(F)F. The highest BCUT2D eigenvalue weighted by Crippen LogP contribution is 2.37. The summed E-state index contributed by atoms with van der Waals surface area (Å²) in [7, 11) is 2.06. The number of nitrogens with zero attached hydrogens (tertiary/aromatic N) is 2. The molecule has 3 amide bonds. The van der Waals surface area contributed by atoms with Crippen molar-refractivity contribution in [2.75, 3.05) is 38.5 Å². The van der Waals surface area contributed by atoms with E-state index in [1.54, 1.807) is 6.07 Å². The van der Waals surface area contributed by atoms with Gasteiger partial charge < -0.3 is 30.9 Å². The number of hydrogen-bond acceptors (Lipinski definition) is 5. The minimum Gasteiger partial charge on any atom is -0.475 e. The maximum absolute atomic E-state index is 13.0. The van der Waals surface area contributed by atoms with Gasteiger partial charge in [-0.05, 0) is 72.6 Å². The van der Waals surface area contributed by atoms with Crippen LogP contribution in [0.2, 0.25) is 0 Å². The summed E-state index contributed by atoms with van der Waals surface area (Å²) in [6.45, 7) is 8.63. The van der Waals surface area contributed by atoms with Gasteiger partial charge in [-0.25, -0.2) is 4.79 Å². The molecule has 0 saturated carbocycles. The van der Waals surface area contributed by atoms with E-state index in [4.69, 9.17) is 15.6 Å². The van der Waals surface area contributed by atoms with Crippen LogP contribution >= 0.6 is 0 Å². The molecule has 0 atom stereocenters. The van der Waals surface area contributed by atoms with Gasteiger partial charge in [0.15, 0.2) is 0 Å². The van der Waals surface area contributed by atoms with E-state index in [1.807, 2.05) is 66.4 Å². The van der Waals surface area contributed by atoms with E-state index in [9.17, 15) is 27.6 Å². The first-order chi connectivity index (χ1) is 21.7. The van der Waals surface area contributed by atoms with Crippen molar-refractivity contribution in [2.45, 2.75) is 13.1 Å². The molecule has 240 valence electrons. The Kier molecular flexibility index (Phi) is 9.96. The normalized spacial score (nSPS) is 13.5. The molecule has 0 bridgehead atoms. The molecule has 4 aromatic rings. The highest BCUT2D eigenvalue weighted by molar-refractivity contribution is 6.11. The highest BCUT2D eigenvalue weighted by atomic mass is 19.4. The number of aromatic amines is 1. The third kappa shape index (κ3) is 7.44. The van der Waals surface area contributed by atoms with Crippen molar-refractivity contribution in [1.29, 1.82) is 0 Å². The number of carboxylic acid groups (broad SMARTS) is 1. The second-order valence-corrected chi connectivity index (χ2v) is 10.6. The predicted molar refractivity (Wildman–Crippen MR) is 168 cm³/mol. The fourth-order valence-electron chi connectivity index (χ4n) is 5.05. The standard InChI is InChI=1S/C31H31N5O3.C2HF3O2/c1-4-28(37)33-26-7-5-6-22(19(26)2)23-12-13-24(30(32)38)29-25(23)18-27(34-29)20-8-10-21(11-9-20)31(39)36-16-14-35(3)15-17-36;3-2(4,5)1(6)7/h4-13,18,34H,1,14-17H2,2-3H3,(H2,32,38)(H,33,37);(H,6,7). The zero-order chi connectivity index (χ0) is 33.8. The molecule has 2 heterocycles. The van der Waals surface area contributed by atoms with Gasteiger partial charge >= 0.3 is 12.1 Å². The van der Waals surface area contributed by atoms with E-state index in [0.29, 0.717) is 22.3 Å². The third-order valence-electron chi connectivity index (χ3n) is 7.60. The Labute approximate surface area is 262 Å². The first-order valence-electron chi connectivity index (χ1n) is 14.1. The number of anilines is 1. The van der Waals surface area contributed by atoms with E-state index in [2.05, 4.69) is 28.8 Å². The number of piperazine rings is 1. The lowest BCUT2D eigenvalue weighted by Gasteiger charge is -2.32. The molecule has 0 radical (unpaired) electrons. The van der Waals surface area contributed by atoms with Crippen LogP contribution in [0.15, 0.2) is 73.3 Å². The summed E-state index contributed by atoms with van der Waals surface area (Å²) in [6.07, 6.45) is -3.85. The number of alkyl halides is 3. The van der Waals surface area contributed by atoms with Crippen molar-refractivity contribution in [3.05, 3.63) is 90.0 Å². The first kappa shape index (κ1) is 33.5. The number of aliphatic carboxylic acids is 1. The lowest BCUT2D eigenvalue weighted by molar-refractivity contribution is -0.192. The highest BCUT2D eigenvalue weighted by Gasteiger charge is 2.38. The number of hydrogen-bond donors (Lipinski definition) is 4. The number of carbonyl (C=O) groups excluding carboxylic acids is 3. The summed E-state index contributed by atoms with van der Waals surface area (Å²) in [5, 5.41) is 10.8. The van der Waals surface area contributed by atoms with Gasteiger partial charge in [0.25, 0.3) is 11.8 Å². The molecular weight excluding hydrogens is 603 g/mol. The maximum atomic E-state index is 13.0. The molecule has 1 aromatic heterocycles. The Hall–Kier alpha value is -5.43. The topological polar surface area (TPSA) is 149 Å². The molecule has 1 aliphatic rings. The molecule has 1 aliphatic heterocycles. The van der Waals surface area contributed by atoms with Crippen molar-refractivity contribution in [3.63, 3.8) is 0 Å². The van der Waals surface area contributed by atoms with Gasteiger partial charge in [0, 0.05) is 48.5 Å². The van der Waals surface area contributed by atoms with Crippen molar-refractivity contribution in [2.24, 2.45) is 5.73 Å². The van der Waals surface area contributed by atoms with Crippen molar-refractivity contribution in [1.82, 2.24) is 14.8 Å². The number of nitrogens with two attached hydrogens (primary N) is 1. The molecule has 1 saturated heterocycles. The van der Waals surface area contributed by atoms with Gasteiger partial charge in [-0.3, -0.25) is 14.4 Å². The quantitative estimate of drug-likeness (QED) is 0.218. The van der Waals surface area contributed by atoms with Gasteiger partial charge in [-0.2, -0.15) is 13.2 Å². The van der Waals surface area contributed by atoms with Crippen LogP contribution in [-0.2, 0) is 9.59 Å². The molecule has 10 nitrogen and oxygen atoms in total. The first-order valence-corrected chi connectivity index (χ1v) is 14.1. The lowest BCUT2D eigenvalue weighted by atomic mass is 9.94.